The van der Waals surface area contributed by atoms with Gasteiger partial charge in [-0.15, -0.1) is 0 Å². The van der Waals surface area contributed by atoms with Gasteiger partial charge in [-0.05, 0) is 23.8 Å². The summed E-state index contributed by atoms with van der Waals surface area (Å²) in [5.41, 5.74) is 8.40. The molecule has 0 aliphatic carbocycles. The highest BCUT2D eigenvalue weighted by Gasteiger charge is 1.99. The second kappa shape index (κ2) is 5.37. The van der Waals surface area contributed by atoms with Gasteiger partial charge in [-0.25, -0.2) is 0 Å². The molecular formula is C14H15NO2. The Hall–Kier alpha value is -2.00. The zero-order chi connectivity index (χ0) is 12.1. The summed E-state index contributed by atoms with van der Waals surface area (Å²) >= 11 is 0. The molecule has 17 heavy (non-hydrogen) atoms. The first-order valence-corrected chi connectivity index (χ1v) is 5.45. The molecule has 2 aromatic carbocycles. The molecule has 3 nitrogen and oxygen atoms in total. The van der Waals surface area contributed by atoms with Crippen molar-refractivity contribution in [3.63, 3.8) is 0 Å². The fourth-order valence-corrected chi connectivity index (χ4v) is 1.52. The van der Waals surface area contributed by atoms with E-state index in [9.17, 15) is 0 Å². The maximum atomic E-state index is 8.92. The Balaban J connectivity index is 2.00. The third kappa shape index (κ3) is 2.98. The van der Waals surface area contributed by atoms with Crippen molar-refractivity contribution in [1.29, 1.82) is 0 Å². The molecule has 0 bridgehead atoms. The first kappa shape index (κ1) is 11.5. The van der Waals surface area contributed by atoms with E-state index in [1.807, 2.05) is 48.5 Å². The van der Waals surface area contributed by atoms with Crippen LogP contribution in [0.5, 0.6) is 5.75 Å². The summed E-state index contributed by atoms with van der Waals surface area (Å²) in [5.74, 6) is 0.769. The van der Waals surface area contributed by atoms with E-state index in [1.165, 1.54) is 0 Å². The SMILES string of the molecule is Nc1ccccc1COc1ccc(CO)cc1. The Bertz CT molecular complexity index is 480. The second-order valence-corrected chi connectivity index (χ2v) is 3.79. The third-order valence-corrected chi connectivity index (χ3v) is 2.56. The molecule has 3 N–H and O–H groups in total. The lowest BCUT2D eigenvalue weighted by Gasteiger charge is -2.08. The monoisotopic (exact) mass is 229 g/mol. The molecule has 0 aliphatic rings. The lowest BCUT2D eigenvalue weighted by atomic mass is 10.2. The van der Waals surface area contributed by atoms with Crippen molar-refractivity contribution >= 4 is 5.69 Å². The molecule has 0 aliphatic heterocycles. The van der Waals surface area contributed by atoms with Gasteiger partial charge in [0.1, 0.15) is 12.4 Å². The Morgan fingerprint density at radius 1 is 1.00 bits per heavy atom. The molecule has 3 heteroatoms. The summed E-state index contributed by atoms with van der Waals surface area (Å²) in [7, 11) is 0. The van der Waals surface area contributed by atoms with E-state index >= 15 is 0 Å². The fourth-order valence-electron chi connectivity index (χ4n) is 1.52. The molecule has 2 aromatic rings. The molecule has 0 heterocycles. The van der Waals surface area contributed by atoms with Gasteiger partial charge < -0.3 is 15.6 Å². The van der Waals surface area contributed by atoms with Crippen LogP contribution in [0.1, 0.15) is 11.1 Å². The maximum absolute atomic E-state index is 8.92. The average molecular weight is 229 g/mol. The van der Waals surface area contributed by atoms with Crippen molar-refractivity contribution in [1.82, 2.24) is 0 Å². The van der Waals surface area contributed by atoms with Crippen molar-refractivity contribution in [3.05, 3.63) is 59.7 Å². The summed E-state index contributed by atoms with van der Waals surface area (Å²) < 4.78 is 5.61. The number of hydrogen-bond donors (Lipinski definition) is 2. The molecule has 0 amide bonds. The summed E-state index contributed by atoms with van der Waals surface area (Å²) in [6.45, 7) is 0.497. The highest BCUT2D eigenvalue weighted by atomic mass is 16.5. The molecule has 0 unspecified atom stereocenters. The normalized spacial score (nSPS) is 10.2. The van der Waals surface area contributed by atoms with E-state index in [4.69, 9.17) is 15.6 Å². The van der Waals surface area contributed by atoms with Crippen LogP contribution in [0, 0.1) is 0 Å². The van der Waals surface area contributed by atoms with E-state index in [0.717, 1.165) is 22.6 Å². The minimum absolute atomic E-state index is 0.0475. The molecule has 2 rings (SSSR count). The quantitative estimate of drug-likeness (QED) is 0.791. The van der Waals surface area contributed by atoms with E-state index in [2.05, 4.69) is 0 Å². The lowest BCUT2D eigenvalue weighted by Crippen LogP contribution is -1.99. The predicted octanol–water partition coefficient (Wildman–Crippen LogP) is 2.34. The van der Waals surface area contributed by atoms with Crippen LogP contribution >= 0.6 is 0 Å². The number of hydrogen-bond acceptors (Lipinski definition) is 3. The van der Waals surface area contributed by atoms with Crippen LogP contribution in [0.2, 0.25) is 0 Å². The van der Waals surface area contributed by atoms with Gasteiger partial charge in [-0.2, -0.15) is 0 Å². The van der Waals surface area contributed by atoms with E-state index in [1.54, 1.807) is 0 Å². The van der Waals surface area contributed by atoms with Gasteiger partial charge in [0.15, 0.2) is 0 Å². The van der Waals surface area contributed by atoms with Crippen molar-refractivity contribution in [2.45, 2.75) is 13.2 Å². The first-order chi connectivity index (χ1) is 8.29. The molecule has 88 valence electrons. The van der Waals surface area contributed by atoms with Crippen LogP contribution in [-0.2, 0) is 13.2 Å². The number of aliphatic hydroxyl groups excluding tert-OH is 1. The van der Waals surface area contributed by atoms with Crippen LogP contribution in [0.4, 0.5) is 5.69 Å². The topological polar surface area (TPSA) is 55.5 Å². The zero-order valence-electron chi connectivity index (χ0n) is 9.47. The Kier molecular flexibility index (Phi) is 3.62. The minimum Gasteiger partial charge on any atom is -0.489 e. The highest BCUT2D eigenvalue weighted by molar-refractivity contribution is 5.46. The van der Waals surface area contributed by atoms with E-state index < -0.39 is 0 Å². The molecular weight excluding hydrogens is 214 g/mol. The number of anilines is 1. The highest BCUT2D eigenvalue weighted by Crippen LogP contribution is 2.16. The van der Waals surface area contributed by atoms with Crippen LogP contribution < -0.4 is 10.5 Å². The largest absolute Gasteiger partial charge is 0.489 e. The molecule has 0 aromatic heterocycles. The van der Waals surface area contributed by atoms with Gasteiger partial charge in [-0.1, -0.05) is 30.3 Å². The summed E-state index contributed by atoms with van der Waals surface area (Å²) in [4.78, 5) is 0. The van der Waals surface area contributed by atoms with Crippen molar-refractivity contribution in [3.8, 4) is 5.75 Å². The fraction of sp³-hybridized carbons (Fsp3) is 0.143. The van der Waals surface area contributed by atoms with E-state index in [0.29, 0.717) is 6.61 Å². The Labute approximate surface area is 100 Å². The summed E-state index contributed by atoms with van der Waals surface area (Å²) in [6.07, 6.45) is 0. The average Bonchev–Trinajstić information content (AvgIpc) is 2.38. The van der Waals surface area contributed by atoms with Crippen LogP contribution in [0.3, 0.4) is 0 Å². The Morgan fingerprint density at radius 2 is 1.71 bits per heavy atom. The second-order valence-electron chi connectivity index (χ2n) is 3.79. The number of rotatable bonds is 4. The smallest absolute Gasteiger partial charge is 0.119 e. The molecule has 0 atom stereocenters. The zero-order valence-corrected chi connectivity index (χ0v) is 9.47. The summed E-state index contributed by atoms with van der Waals surface area (Å²) in [6, 6.07) is 15.0. The van der Waals surface area contributed by atoms with Gasteiger partial charge in [0.2, 0.25) is 0 Å². The molecule has 0 fully saturated rings. The van der Waals surface area contributed by atoms with E-state index in [-0.39, 0.29) is 6.61 Å². The molecule has 0 spiro atoms. The van der Waals surface area contributed by atoms with Crippen LogP contribution in [-0.4, -0.2) is 5.11 Å². The predicted molar refractivity (Wildman–Crippen MR) is 67.6 cm³/mol. The standard InChI is InChI=1S/C14H15NO2/c15-14-4-2-1-3-12(14)10-17-13-7-5-11(9-16)6-8-13/h1-8,16H,9-10,15H2. The van der Waals surface area contributed by atoms with Crippen molar-refractivity contribution < 1.29 is 9.84 Å². The molecule has 0 radical (unpaired) electrons. The number of ether oxygens (including phenoxy) is 1. The van der Waals surface area contributed by atoms with Crippen molar-refractivity contribution in [2.24, 2.45) is 0 Å². The van der Waals surface area contributed by atoms with Gasteiger partial charge in [0.25, 0.3) is 0 Å². The maximum Gasteiger partial charge on any atom is 0.119 e. The number of nitrogen functional groups attached to an aromatic ring is 1. The van der Waals surface area contributed by atoms with Gasteiger partial charge >= 0.3 is 0 Å². The third-order valence-electron chi connectivity index (χ3n) is 2.56. The number of nitrogens with two attached hydrogens (primary N) is 1. The number of benzene rings is 2. The van der Waals surface area contributed by atoms with Crippen molar-refractivity contribution in [2.75, 3.05) is 5.73 Å². The van der Waals surface area contributed by atoms with Crippen LogP contribution in [0.15, 0.2) is 48.5 Å². The number of aliphatic hydroxyl groups is 1. The Morgan fingerprint density at radius 3 is 2.35 bits per heavy atom. The minimum atomic E-state index is 0.0475. The van der Waals surface area contributed by atoms with Gasteiger partial charge in [0, 0.05) is 11.3 Å². The van der Waals surface area contributed by atoms with Crippen LogP contribution in [0.25, 0.3) is 0 Å². The molecule has 0 saturated heterocycles. The van der Waals surface area contributed by atoms with Gasteiger partial charge in [0.05, 0.1) is 6.61 Å². The van der Waals surface area contributed by atoms with Gasteiger partial charge in [-0.3, -0.25) is 0 Å². The molecule has 0 saturated carbocycles. The summed E-state index contributed by atoms with van der Waals surface area (Å²) in [5, 5.41) is 8.92. The number of para-hydroxylation sites is 1. The lowest BCUT2D eigenvalue weighted by molar-refractivity contribution is 0.281. The first-order valence-electron chi connectivity index (χ1n) is 5.45.